The number of rotatable bonds is 2. The molecule has 1 aliphatic heterocycles. The molecular formula is C12H15F2NS2. The second kappa shape index (κ2) is 5.59. The molecule has 1 heterocycles. The van der Waals surface area contributed by atoms with Gasteiger partial charge in [0.25, 0.3) is 0 Å². The molecule has 1 fully saturated rings. The Morgan fingerprint density at radius 2 is 2.12 bits per heavy atom. The Hall–Kier alpha value is -0.260. The van der Waals surface area contributed by atoms with Gasteiger partial charge in [0, 0.05) is 34.1 Å². The summed E-state index contributed by atoms with van der Waals surface area (Å²) in [6.45, 7) is 1.63. The van der Waals surface area contributed by atoms with Gasteiger partial charge in [0.05, 0.1) is 0 Å². The Morgan fingerprint density at radius 3 is 2.76 bits per heavy atom. The van der Waals surface area contributed by atoms with Crippen LogP contribution in [0.15, 0.2) is 12.1 Å². The summed E-state index contributed by atoms with van der Waals surface area (Å²) in [4.78, 5) is 0. The van der Waals surface area contributed by atoms with Crippen LogP contribution in [0, 0.1) is 18.6 Å². The average Bonchev–Trinajstić information content (AvgIpc) is 2.35. The molecule has 0 aromatic heterocycles. The highest BCUT2D eigenvalue weighted by Gasteiger charge is 2.27. The van der Waals surface area contributed by atoms with Crippen molar-refractivity contribution >= 4 is 23.5 Å². The van der Waals surface area contributed by atoms with E-state index in [1.54, 1.807) is 30.4 Å². The number of hydrogen-bond donors (Lipinski definition) is 1. The maximum atomic E-state index is 13.9. The van der Waals surface area contributed by atoms with E-state index >= 15 is 0 Å². The summed E-state index contributed by atoms with van der Waals surface area (Å²) in [5.41, 5.74) is 6.52. The van der Waals surface area contributed by atoms with Gasteiger partial charge in [-0.1, -0.05) is 6.07 Å². The minimum Gasteiger partial charge on any atom is -0.323 e. The van der Waals surface area contributed by atoms with Crippen LogP contribution in [-0.4, -0.2) is 22.5 Å². The summed E-state index contributed by atoms with van der Waals surface area (Å²) in [7, 11) is 0. The lowest BCUT2D eigenvalue weighted by Crippen LogP contribution is -2.30. The van der Waals surface area contributed by atoms with Gasteiger partial charge >= 0.3 is 0 Å². The smallest absolute Gasteiger partial charge is 0.133 e. The van der Waals surface area contributed by atoms with Gasteiger partial charge in [-0.3, -0.25) is 0 Å². The summed E-state index contributed by atoms with van der Waals surface area (Å²) in [5, 5.41) is 0.0968. The quantitative estimate of drug-likeness (QED) is 0.898. The van der Waals surface area contributed by atoms with Crippen LogP contribution in [0.2, 0.25) is 0 Å². The van der Waals surface area contributed by atoms with E-state index in [9.17, 15) is 8.78 Å². The molecule has 5 heteroatoms. The van der Waals surface area contributed by atoms with Gasteiger partial charge in [-0.15, -0.1) is 0 Å². The SMILES string of the molecule is Cc1ccc(F)c(C(N)C2CSCCS2)c1F. The summed E-state index contributed by atoms with van der Waals surface area (Å²) >= 11 is 3.51. The van der Waals surface area contributed by atoms with Gasteiger partial charge in [-0.05, 0) is 18.6 Å². The van der Waals surface area contributed by atoms with E-state index in [1.807, 2.05) is 0 Å². The van der Waals surface area contributed by atoms with Gasteiger partial charge in [0.15, 0.2) is 0 Å². The Morgan fingerprint density at radius 1 is 1.35 bits per heavy atom. The fourth-order valence-electron chi connectivity index (χ4n) is 1.88. The topological polar surface area (TPSA) is 26.0 Å². The zero-order chi connectivity index (χ0) is 12.4. The molecule has 17 heavy (non-hydrogen) atoms. The van der Waals surface area contributed by atoms with E-state index in [4.69, 9.17) is 5.73 Å². The van der Waals surface area contributed by atoms with E-state index in [0.29, 0.717) is 5.56 Å². The van der Waals surface area contributed by atoms with Crippen molar-refractivity contribution in [2.75, 3.05) is 17.3 Å². The van der Waals surface area contributed by atoms with Crippen LogP contribution in [0.5, 0.6) is 0 Å². The third kappa shape index (κ3) is 2.77. The standard InChI is InChI=1S/C12H15F2NS2/c1-7-2-3-8(13)10(11(7)14)12(15)9-6-16-4-5-17-9/h2-3,9,12H,4-6,15H2,1H3. The molecule has 0 saturated carbocycles. The molecule has 2 atom stereocenters. The van der Waals surface area contributed by atoms with Crippen LogP contribution in [0.4, 0.5) is 8.78 Å². The predicted octanol–water partition coefficient (Wildman–Crippen LogP) is 3.12. The van der Waals surface area contributed by atoms with E-state index in [-0.39, 0.29) is 10.8 Å². The van der Waals surface area contributed by atoms with Gasteiger partial charge in [0.1, 0.15) is 11.6 Å². The van der Waals surface area contributed by atoms with Crippen LogP contribution in [0.1, 0.15) is 17.2 Å². The molecule has 0 aliphatic carbocycles. The molecule has 1 aliphatic rings. The fraction of sp³-hybridized carbons (Fsp3) is 0.500. The number of halogens is 2. The number of aryl methyl sites for hydroxylation is 1. The third-order valence-electron chi connectivity index (χ3n) is 2.90. The van der Waals surface area contributed by atoms with Crippen molar-refractivity contribution in [3.63, 3.8) is 0 Å². The molecule has 2 unspecified atom stereocenters. The summed E-state index contributed by atoms with van der Waals surface area (Å²) in [6, 6.07) is 2.19. The highest BCUT2D eigenvalue weighted by atomic mass is 32.2. The molecule has 1 saturated heterocycles. The molecule has 0 bridgehead atoms. The van der Waals surface area contributed by atoms with Crippen molar-refractivity contribution in [3.8, 4) is 0 Å². The number of thioether (sulfide) groups is 2. The Kier molecular flexibility index (Phi) is 4.33. The van der Waals surface area contributed by atoms with Gasteiger partial charge < -0.3 is 5.73 Å². The molecule has 1 aromatic rings. The van der Waals surface area contributed by atoms with Crippen LogP contribution < -0.4 is 5.73 Å². The molecule has 1 nitrogen and oxygen atoms in total. The van der Waals surface area contributed by atoms with E-state index < -0.39 is 17.7 Å². The zero-order valence-corrected chi connectivity index (χ0v) is 11.2. The van der Waals surface area contributed by atoms with Crippen molar-refractivity contribution in [2.24, 2.45) is 5.73 Å². The van der Waals surface area contributed by atoms with Gasteiger partial charge in [-0.25, -0.2) is 8.78 Å². The van der Waals surface area contributed by atoms with E-state index in [1.165, 1.54) is 12.1 Å². The first-order valence-electron chi connectivity index (χ1n) is 5.50. The van der Waals surface area contributed by atoms with Crippen molar-refractivity contribution in [1.29, 1.82) is 0 Å². The third-order valence-corrected chi connectivity index (χ3v) is 5.78. The monoisotopic (exact) mass is 275 g/mol. The fourth-order valence-corrected chi connectivity index (χ4v) is 4.67. The Labute approximate surface area is 109 Å². The molecular weight excluding hydrogens is 260 g/mol. The molecule has 0 radical (unpaired) electrons. The van der Waals surface area contributed by atoms with Crippen molar-refractivity contribution in [2.45, 2.75) is 18.2 Å². The van der Waals surface area contributed by atoms with Gasteiger partial charge in [-0.2, -0.15) is 23.5 Å². The second-order valence-corrected chi connectivity index (χ2v) is 6.60. The Balaban J connectivity index is 2.29. The lowest BCUT2D eigenvalue weighted by atomic mass is 10.0. The largest absolute Gasteiger partial charge is 0.323 e. The van der Waals surface area contributed by atoms with Crippen LogP contribution in [0.25, 0.3) is 0 Å². The van der Waals surface area contributed by atoms with Crippen molar-refractivity contribution in [1.82, 2.24) is 0 Å². The Bertz CT molecular complexity index is 406. The average molecular weight is 275 g/mol. The minimum atomic E-state index is -0.562. The lowest BCUT2D eigenvalue weighted by molar-refractivity contribution is 0.520. The number of hydrogen-bond acceptors (Lipinski definition) is 3. The predicted molar refractivity (Wildman–Crippen MR) is 71.6 cm³/mol. The van der Waals surface area contributed by atoms with E-state index in [2.05, 4.69) is 0 Å². The lowest BCUT2D eigenvalue weighted by Gasteiger charge is -2.27. The maximum Gasteiger partial charge on any atom is 0.133 e. The number of nitrogens with two attached hydrogens (primary N) is 1. The molecule has 0 amide bonds. The molecule has 0 spiro atoms. The summed E-state index contributed by atoms with van der Waals surface area (Å²) < 4.78 is 27.6. The number of benzene rings is 1. The highest BCUT2D eigenvalue weighted by Crippen LogP contribution is 2.34. The molecule has 2 N–H and O–H groups in total. The molecule has 94 valence electrons. The first-order chi connectivity index (χ1) is 8.11. The van der Waals surface area contributed by atoms with Crippen LogP contribution in [0.3, 0.4) is 0 Å². The maximum absolute atomic E-state index is 13.9. The molecule has 2 rings (SSSR count). The molecule has 1 aromatic carbocycles. The summed E-state index contributed by atoms with van der Waals surface area (Å²) in [6.07, 6.45) is 0. The zero-order valence-electron chi connectivity index (χ0n) is 9.58. The van der Waals surface area contributed by atoms with Crippen molar-refractivity contribution < 1.29 is 8.78 Å². The summed E-state index contributed by atoms with van der Waals surface area (Å²) in [5.74, 6) is 1.93. The minimum absolute atomic E-state index is 0.0463. The first-order valence-corrected chi connectivity index (χ1v) is 7.71. The highest BCUT2D eigenvalue weighted by molar-refractivity contribution is 8.06. The van der Waals surface area contributed by atoms with Crippen molar-refractivity contribution in [3.05, 3.63) is 34.9 Å². The van der Waals surface area contributed by atoms with E-state index in [0.717, 1.165) is 17.3 Å². The van der Waals surface area contributed by atoms with Gasteiger partial charge in [0.2, 0.25) is 0 Å². The second-order valence-electron chi connectivity index (χ2n) is 4.10. The first kappa shape index (κ1) is 13.2. The van der Waals surface area contributed by atoms with Crippen LogP contribution in [-0.2, 0) is 0 Å². The normalized spacial score (nSPS) is 22.5. The van der Waals surface area contributed by atoms with Crippen LogP contribution >= 0.6 is 23.5 Å².